The molecule has 0 spiro atoms. The summed E-state index contributed by atoms with van der Waals surface area (Å²) in [5, 5.41) is 2.78. The van der Waals surface area contributed by atoms with Crippen molar-refractivity contribution in [1.82, 2.24) is 10.3 Å². The van der Waals surface area contributed by atoms with Gasteiger partial charge >= 0.3 is 5.97 Å². The number of ether oxygens (including phenoxy) is 1. The van der Waals surface area contributed by atoms with Crippen LogP contribution in [0.3, 0.4) is 0 Å². The van der Waals surface area contributed by atoms with Crippen molar-refractivity contribution < 1.29 is 18.7 Å². The molecule has 0 aliphatic rings. The van der Waals surface area contributed by atoms with E-state index < -0.39 is 5.97 Å². The van der Waals surface area contributed by atoms with Crippen molar-refractivity contribution in [2.75, 3.05) is 7.11 Å². The van der Waals surface area contributed by atoms with Crippen molar-refractivity contribution in [2.24, 2.45) is 0 Å². The smallest absolute Gasteiger partial charge is 0.338 e. The first-order valence-electron chi connectivity index (χ1n) is 7.62. The van der Waals surface area contributed by atoms with Gasteiger partial charge in [0.2, 0.25) is 0 Å². The third-order valence-corrected chi connectivity index (χ3v) is 3.67. The van der Waals surface area contributed by atoms with Gasteiger partial charge in [-0.3, -0.25) is 9.78 Å². The fourth-order valence-corrected chi connectivity index (χ4v) is 2.36. The summed E-state index contributed by atoms with van der Waals surface area (Å²) in [5.41, 5.74) is 3.03. The highest BCUT2D eigenvalue weighted by Crippen LogP contribution is 2.17. The lowest BCUT2D eigenvalue weighted by Crippen LogP contribution is -2.25. The molecule has 0 radical (unpaired) electrons. The molecular weight excluding hydrogens is 320 g/mol. The number of aromatic nitrogens is 1. The van der Waals surface area contributed by atoms with Crippen LogP contribution in [0.5, 0.6) is 0 Å². The molecule has 2 heterocycles. The zero-order valence-electron chi connectivity index (χ0n) is 13.6. The van der Waals surface area contributed by atoms with Gasteiger partial charge in [0.15, 0.2) is 0 Å². The molecule has 1 amide bonds. The highest BCUT2D eigenvalue weighted by Gasteiger charge is 2.16. The van der Waals surface area contributed by atoms with Crippen LogP contribution in [0.4, 0.5) is 0 Å². The molecule has 0 fully saturated rings. The summed E-state index contributed by atoms with van der Waals surface area (Å²) >= 11 is 0. The lowest BCUT2D eigenvalue weighted by Gasteiger charge is -2.09. The third-order valence-electron chi connectivity index (χ3n) is 3.67. The van der Waals surface area contributed by atoms with E-state index in [2.05, 4.69) is 10.3 Å². The highest BCUT2D eigenvalue weighted by molar-refractivity contribution is 6.05. The number of furan rings is 1. The average molecular weight is 336 g/mol. The van der Waals surface area contributed by atoms with Gasteiger partial charge in [-0.15, -0.1) is 0 Å². The van der Waals surface area contributed by atoms with E-state index in [9.17, 15) is 9.59 Å². The van der Waals surface area contributed by atoms with Crippen molar-refractivity contribution >= 4 is 11.9 Å². The standard InChI is InChI=1S/C19H16N2O4/c1-24-19(23)16-5-3-2-4-15(16)18(22)21-11-13-6-7-17(20-10-13)14-8-9-25-12-14/h2-10,12H,11H2,1H3,(H,21,22). The van der Waals surface area contributed by atoms with E-state index >= 15 is 0 Å². The quantitative estimate of drug-likeness (QED) is 0.724. The Hall–Kier alpha value is -3.41. The summed E-state index contributed by atoms with van der Waals surface area (Å²) in [6.45, 7) is 0.299. The monoisotopic (exact) mass is 336 g/mol. The number of carbonyl (C=O) groups excluding carboxylic acids is 2. The largest absolute Gasteiger partial charge is 0.472 e. The summed E-state index contributed by atoms with van der Waals surface area (Å²) in [7, 11) is 1.28. The molecule has 0 aliphatic carbocycles. The van der Waals surface area contributed by atoms with E-state index in [1.54, 1.807) is 43.0 Å². The molecule has 0 saturated heterocycles. The molecule has 6 nitrogen and oxygen atoms in total. The number of amides is 1. The molecule has 126 valence electrons. The van der Waals surface area contributed by atoms with E-state index in [1.165, 1.54) is 7.11 Å². The number of methoxy groups -OCH3 is 1. The Bertz CT molecular complexity index is 871. The van der Waals surface area contributed by atoms with Gasteiger partial charge in [0.25, 0.3) is 5.91 Å². The van der Waals surface area contributed by atoms with Gasteiger partial charge in [-0.1, -0.05) is 18.2 Å². The number of benzene rings is 1. The van der Waals surface area contributed by atoms with Gasteiger partial charge in [-0.05, 0) is 29.8 Å². The number of hydrogen-bond donors (Lipinski definition) is 1. The van der Waals surface area contributed by atoms with Crippen LogP contribution in [-0.4, -0.2) is 24.0 Å². The van der Waals surface area contributed by atoms with Crippen molar-refractivity contribution in [3.8, 4) is 11.3 Å². The van der Waals surface area contributed by atoms with Crippen molar-refractivity contribution in [3.05, 3.63) is 77.9 Å². The van der Waals surface area contributed by atoms with Crippen LogP contribution in [-0.2, 0) is 11.3 Å². The fourth-order valence-electron chi connectivity index (χ4n) is 2.36. The molecule has 25 heavy (non-hydrogen) atoms. The number of esters is 1. The van der Waals surface area contributed by atoms with Gasteiger partial charge in [0.05, 0.1) is 36.5 Å². The van der Waals surface area contributed by atoms with Gasteiger partial charge in [-0.2, -0.15) is 0 Å². The van der Waals surface area contributed by atoms with E-state index in [-0.39, 0.29) is 17.0 Å². The molecule has 0 bridgehead atoms. The number of rotatable bonds is 5. The number of nitrogens with zero attached hydrogens (tertiary/aromatic N) is 1. The first kappa shape index (κ1) is 16.4. The summed E-state index contributed by atoms with van der Waals surface area (Å²) < 4.78 is 9.73. The van der Waals surface area contributed by atoms with Gasteiger partial charge in [0, 0.05) is 18.3 Å². The Morgan fingerprint density at radius 1 is 1.12 bits per heavy atom. The number of carbonyl (C=O) groups is 2. The Morgan fingerprint density at radius 3 is 2.56 bits per heavy atom. The second-order valence-corrected chi connectivity index (χ2v) is 5.28. The number of nitrogens with one attached hydrogen (secondary N) is 1. The lowest BCUT2D eigenvalue weighted by molar-refractivity contribution is 0.0596. The molecule has 6 heteroatoms. The number of hydrogen-bond acceptors (Lipinski definition) is 5. The SMILES string of the molecule is COC(=O)c1ccccc1C(=O)NCc1ccc(-c2ccoc2)nc1. The summed E-state index contributed by atoms with van der Waals surface area (Å²) in [6, 6.07) is 12.1. The van der Waals surface area contributed by atoms with Crippen LogP contribution in [0.1, 0.15) is 26.3 Å². The summed E-state index contributed by atoms with van der Waals surface area (Å²) in [6.07, 6.45) is 4.90. The van der Waals surface area contributed by atoms with E-state index in [1.807, 2.05) is 18.2 Å². The van der Waals surface area contributed by atoms with Crippen LogP contribution in [0.15, 0.2) is 65.6 Å². The zero-order chi connectivity index (χ0) is 17.6. The minimum absolute atomic E-state index is 0.232. The maximum Gasteiger partial charge on any atom is 0.338 e. The summed E-state index contributed by atoms with van der Waals surface area (Å²) in [4.78, 5) is 28.4. The van der Waals surface area contributed by atoms with Crippen molar-refractivity contribution in [2.45, 2.75) is 6.54 Å². The van der Waals surface area contributed by atoms with Gasteiger partial charge in [0.1, 0.15) is 0 Å². The normalized spacial score (nSPS) is 10.3. The molecule has 3 aromatic rings. The van der Waals surface area contributed by atoms with Gasteiger partial charge < -0.3 is 14.5 Å². The maximum absolute atomic E-state index is 12.4. The Morgan fingerprint density at radius 2 is 1.92 bits per heavy atom. The predicted molar refractivity (Wildman–Crippen MR) is 90.9 cm³/mol. The van der Waals surface area contributed by atoms with Crippen molar-refractivity contribution in [1.29, 1.82) is 0 Å². The average Bonchev–Trinajstić information content (AvgIpc) is 3.20. The van der Waals surface area contributed by atoms with Gasteiger partial charge in [-0.25, -0.2) is 4.79 Å². The highest BCUT2D eigenvalue weighted by atomic mass is 16.5. The van der Waals surface area contributed by atoms with Crippen LogP contribution in [0.2, 0.25) is 0 Å². The second kappa shape index (κ2) is 7.44. The Labute approximate surface area is 144 Å². The molecular formula is C19H16N2O4. The number of pyridine rings is 1. The molecule has 2 aromatic heterocycles. The Balaban J connectivity index is 1.68. The van der Waals surface area contributed by atoms with Crippen LogP contribution >= 0.6 is 0 Å². The fraction of sp³-hybridized carbons (Fsp3) is 0.105. The first-order valence-corrected chi connectivity index (χ1v) is 7.62. The molecule has 0 aliphatic heterocycles. The van der Waals surface area contributed by atoms with Crippen molar-refractivity contribution in [3.63, 3.8) is 0 Å². The molecule has 0 unspecified atom stereocenters. The Kier molecular flexibility index (Phi) is 4.89. The predicted octanol–water partition coefficient (Wildman–Crippen LogP) is 3.06. The maximum atomic E-state index is 12.4. The molecule has 1 N–H and O–H groups in total. The molecule has 0 atom stereocenters. The second-order valence-electron chi connectivity index (χ2n) is 5.28. The van der Waals surface area contributed by atoms with E-state index in [0.717, 1.165) is 16.8 Å². The van der Waals surface area contributed by atoms with E-state index in [0.29, 0.717) is 6.54 Å². The van der Waals surface area contributed by atoms with Crippen LogP contribution in [0.25, 0.3) is 11.3 Å². The summed E-state index contributed by atoms with van der Waals surface area (Å²) in [5.74, 6) is -0.892. The topological polar surface area (TPSA) is 81.4 Å². The van der Waals surface area contributed by atoms with Crippen LogP contribution < -0.4 is 5.32 Å². The lowest BCUT2D eigenvalue weighted by atomic mass is 10.1. The molecule has 1 aromatic carbocycles. The molecule has 0 saturated carbocycles. The van der Waals surface area contributed by atoms with E-state index in [4.69, 9.17) is 9.15 Å². The molecule has 3 rings (SSSR count). The van der Waals surface area contributed by atoms with Crippen LogP contribution in [0, 0.1) is 0 Å². The minimum Gasteiger partial charge on any atom is -0.472 e. The third kappa shape index (κ3) is 3.74. The zero-order valence-corrected chi connectivity index (χ0v) is 13.6. The minimum atomic E-state index is -0.545. The first-order chi connectivity index (χ1) is 12.2.